The van der Waals surface area contributed by atoms with Crippen LogP contribution in [-0.4, -0.2) is 27.5 Å². The molecule has 1 amide bonds. The van der Waals surface area contributed by atoms with E-state index in [-0.39, 0.29) is 9.92 Å². The van der Waals surface area contributed by atoms with Crippen molar-refractivity contribution in [2.24, 2.45) is 0 Å². The average molecular weight is 397 g/mol. The van der Waals surface area contributed by atoms with Crippen LogP contribution in [0.4, 0.5) is 5.69 Å². The molecule has 0 spiro atoms. The highest BCUT2D eigenvalue weighted by Crippen LogP contribution is 2.27. The highest BCUT2D eigenvalue weighted by Gasteiger charge is 2.23. The molecule has 2 aromatic rings. The van der Waals surface area contributed by atoms with Crippen molar-refractivity contribution in [1.29, 1.82) is 0 Å². The van der Waals surface area contributed by atoms with Gasteiger partial charge in [0.05, 0.1) is 23.1 Å². The highest BCUT2D eigenvalue weighted by molar-refractivity contribution is 7.89. The second-order valence-electron chi connectivity index (χ2n) is 5.95. The molecular weight excluding hydrogens is 376 g/mol. The number of ether oxygens (including phenoxy) is 1. The Morgan fingerprint density at radius 2 is 1.85 bits per heavy atom. The Labute approximate surface area is 158 Å². The summed E-state index contributed by atoms with van der Waals surface area (Å²) in [6, 6.07) is 8.71. The number of rotatable bonds is 6. The maximum Gasteiger partial charge on any atom is 0.242 e. The number of carbonyl (C=O) groups excluding carboxylic acids is 1. The van der Waals surface area contributed by atoms with Gasteiger partial charge < -0.3 is 10.1 Å². The summed E-state index contributed by atoms with van der Waals surface area (Å²) in [5.74, 6) is -0.0913. The van der Waals surface area contributed by atoms with Crippen molar-refractivity contribution in [2.75, 3.05) is 12.4 Å². The summed E-state index contributed by atoms with van der Waals surface area (Å²) in [6.07, 6.45) is 0. The Hall–Kier alpha value is -2.09. The van der Waals surface area contributed by atoms with Crippen LogP contribution in [0.15, 0.2) is 41.3 Å². The van der Waals surface area contributed by atoms with E-state index in [1.165, 1.54) is 32.2 Å². The number of aryl methyl sites for hydroxylation is 2. The molecule has 0 saturated carbocycles. The van der Waals surface area contributed by atoms with Gasteiger partial charge in [0.25, 0.3) is 0 Å². The Balaban J connectivity index is 2.13. The molecule has 0 bridgehead atoms. The molecule has 8 heteroatoms. The monoisotopic (exact) mass is 396 g/mol. The molecule has 0 aliphatic rings. The topological polar surface area (TPSA) is 84.5 Å². The minimum Gasteiger partial charge on any atom is -0.495 e. The van der Waals surface area contributed by atoms with E-state index >= 15 is 0 Å². The van der Waals surface area contributed by atoms with E-state index in [2.05, 4.69) is 10.0 Å². The van der Waals surface area contributed by atoms with Crippen LogP contribution in [0.25, 0.3) is 0 Å². The second-order valence-corrected chi connectivity index (χ2v) is 8.07. The van der Waals surface area contributed by atoms with Gasteiger partial charge >= 0.3 is 0 Å². The molecule has 0 saturated heterocycles. The van der Waals surface area contributed by atoms with Gasteiger partial charge in [0.15, 0.2) is 0 Å². The molecule has 26 heavy (non-hydrogen) atoms. The first-order valence-electron chi connectivity index (χ1n) is 7.88. The number of halogens is 1. The number of benzene rings is 2. The Bertz CT molecular complexity index is 929. The Morgan fingerprint density at radius 3 is 2.42 bits per heavy atom. The van der Waals surface area contributed by atoms with E-state index in [0.717, 1.165) is 11.1 Å². The Morgan fingerprint density at radius 1 is 1.15 bits per heavy atom. The molecule has 140 valence electrons. The fourth-order valence-corrected chi connectivity index (χ4v) is 3.91. The van der Waals surface area contributed by atoms with Crippen LogP contribution in [0.2, 0.25) is 5.02 Å². The Kier molecular flexibility index (Phi) is 6.28. The van der Waals surface area contributed by atoms with E-state index < -0.39 is 22.0 Å². The number of anilines is 1. The van der Waals surface area contributed by atoms with Crippen LogP contribution in [-0.2, 0) is 14.8 Å². The fourth-order valence-electron chi connectivity index (χ4n) is 2.36. The third-order valence-corrected chi connectivity index (χ3v) is 5.63. The van der Waals surface area contributed by atoms with Gasteiger partial charge in [-0.3, -0.25) is 4.79 Å². The first-order valence-corrected chi connectivity index (χ1v) is 9.74. The summed E-state index contributed by atoms with van der Waals surface area (Å²) < 4.78 is 32.3. The summed E-state index contributed by atoms with van der Waals surface area (Å²) >= 11 is 5.98. The van der Waals surface area contributed by atoms with Gasteiger partial charge in [-0.15, -0.1) is 0 Å². The molecule has 0 aliphatic carbocycles. The van der Waals surface area contributed by atoms with Crippen LogP contribution >= 0.6 is 11.6 Å². The van der Waals surface area contributed by atoms with E-state index in [0.29, 0.717) is 11.4 Å². The lowest BCUT2D eigenvalue weighted by atomic mass is 10.1. The number of hydrogen-bond donors (Lipinski definition) is 2. The minimum absolute atomic E-state index is 0.0468. The van der Waals surface area contributed by atoms with Gasteiger partial charge in [0.2, 0.25) is 15.9 Å². The molecule has 2 N–H and O–H groups in total. The third-order valence-electron chi connectivity index (χ3n) is 3.80. The van der Waals surface area contributed by atoms with Gasteiger partial charge in [-0.25, -0.2) is 8.42 Å². The van der Waals surface area contributed by atoms with Gasteiger partial charge in [-0.05, 0) is 50.6 Å². The normalized spacial score (nSPS) is 12.5. The number of sulfonamides is 1. The summed E-state index contributed by atoms with van der Waals surface area (Å²) in [4.78, 5) is 12.3. The maximum absolute atomic E-state index is 12.5. The zero-order chi connectivity index (χ0) is 19.5. The summed E-state index contributed by atoms with van der Waals surface area (Å²) in [5.41, 5.74) is 2.61. The van der Waals surface area contributed by atoms with Crippen molar-refractivity contribution < 1.29 is 17.9 Å². The van der Waals surface area contributed by atoms with Crippen molar-refractivity contribution in [3.05, 3.63) is 52.5 Å². The number of carbonyl (C=O) groups is 1. The van der Waals surface area contributed by atoms with E-state index in [9.17, 15) is 13.2 Å². The summed E-state index contributed by atoms with van der Waals surface area (Å²) in [5, 5.41) is 2.90. The highest BCUT2D eigenvalue weighted by atomic mass is 35.5. The predicted octanol–water partition coefficient (Wildman–Crippen LogP) is 3.27. The molecular formula is C18H21ClN2O4S. The predicted molar refractivity (Wildman–Crippen MR) is 102 cm³/mol. The number of methoxy groups -OCH3 is 1. The van der Waals surface area contributed by atoms with Gasteiger partial charge in [-0.1, -0.05) is 29.3 Å². The minimum atomic E-state index is -3.91. The SMILES string of the molecule is COc1ccc(S(=O)(=O)N[C@H](C)C(=O)Nc2ccc(C)cc2C)cc1Cl. The molecule has 0 aromatic heterocycles. The van der Waals surface area contributed by atoms with Gasteiger partial charge in [0.1, 0.15) is 5.75 Å². The number of hydrogen-bond acceptors (Lipinski definition) is 4. The third kappa shape index (κ3) is 4.75. The first kappa shape index (κ1) is 20.2. The summed E-state index contributed by atoms with van der Waals surface area (Å²) in [7, 11) is -2.47. The van der Waals surface area contributed by atoms with Crippen LogP contribution in [0.5, 0.6) is 5.75 Å². The van der Waals surface area contributed by atoms with Crippen LogP contribution in [0, 0.1) is 13.8 Å². The molecule has 0 unspecified atom stereocenters. The zero-order valence-electron chi connectivity index (χ0n) is 15.0. The van der Waals surface area contributed by atoms with E-state index in [1.807, 2.05) is 26.0 Å². The lowest BCUT2D eigenvalue weighted by Crippen LogP contribution is -2.41. The van der Waals surface area contributed by atoms with Gasteiger partial charge in [0, 0.05) is 5.69 Å². The molecule has 0 aliphatic heterocycles. The van der Waals surface area contributed by atoms with Crippen LogP contribution < -0.4 is 14.8 Å². The number of amides is 1. The molecule has 6 nitrogen and oxygen atoms in total. The molecule has 2 rings (SSSR count). The smallest absolute Gasteiger partial charge is 0.242 e. The standard InChI is InChI=1S/C18H21ClN2O4S/c1-11-5-7-16(12(2)9-11)20-18(22)13(3)21-26(23,24)14-6-8-17(25-4)15(19)10-14/h5-10,13,21H,1-4H3,(H,20,22)/t13-/m1/s1. The number of nitrogens with one attached hydrogen (secondary N) is 2. The molecule has 2 aromatic carbocycles. The van der Waals surface area contributed by atoms with Crippen molar-refractivity contribution in [2.45, 2.75) is 31.7 Å². The van der Waals surface area contributed by atoms with Crippen molar-refractivity contribution in [3.8, 4) is 5.75 Å². The average Bonchev–Trinajstić information content (AvgIpc) is 2.56. The van der Waals surface area contributed by atoms with Gasteiger partial charge in [-0.2, -0.15) is 4.72 Å². The fraction of sp³-hybridized carbons (Fsp3) is 0.278. The molecule has 0 radical (unpaired) electrons. The van der Waals surface area contributed by atoms with Crippen molar-refractivity contribution in [1.82, 2.24) is 4.72 Å². The van der Waals surface area contributed by atoms with Crippen LogP contribution in [0.1, 0.15) is 18.1 Å². The second kappa shape index (κ2) is 8.07. The lowest BCUT2D eigenvalue weighted by Gasteiger charge is -2.16. The zero-order valence-corrected chi connectivity index (χ0v) is 16.5. The largest absolute Gasteiger partial charge is 0.495 e. The molecule has 0 heterocycles. The molecule has 1 atom stereocenters. The van der Waals surface area contributed by atoms with Crippen molar-refractivity contribution >= 4 is 33.2 Å². The molecule has 0 fully saturated rings. The maximum atomic E-state index is 12.5. The lowest BCUT2D eigenvalue weighted by molar-refractivity contribution is -0.117. The van der Waals surface area contributed by atoms with E-state index in [4.69, 9.17) is 16.3 Å². The quantitative estimate of drug-likeness (QED) is 0.784. The van der Waals surface area contributed by atoms with Crippen LogP contribution in [0.3, 0.4) is 0 Å². The van der Waals surface area contributed by atoms with Crippen molar-refractivity contribution in [3.63, 3.8) is 0 Å². The summed E-state index contributed by atoms with van der Waals surface area (Å²) in [6.45, 7) is 5.30. The first-order chi connectivity index (χ1) is 12.1. The van der Waals surface area contributed by atoms with E-state index in [1.54, 1.807) is 6.07 Å².